The molecule has 0 bridgehead atoms. The zero-order valence-electron chi connectivity index (χ0n) is 9.77. The average molecular weight is 262 g/mol. The number of benzene rings is 1. The first-order chi connectivity index (χ1) is 8.56. The maximum absolute atomic E-state index is 12.0. The Hall–Kier alpha value is -2.07. The van der Waals surface area contributed by atoms with Gasteiger partial charge in [-0.05, 0) is 31.2 Å². The summed E-state index contributed by atoms with van der Waals surface area (Å²) < 4.78 is 0. The lowest BCUT2D eigenvalue weighted by molar-refractivity contribution is 0.102. The number of aromatic nitrogens is 1. The van der Waals surface area contributed by atoms with E-state index >= 15 is 0 Å². The fraction of sp³-hybridized carbons (Fsp3) is 0.0769. The predicted molar refractivity (Wildman–Crippen MR) is 72.8 cm³/mol. The minimum absolute atomic E-state index is 0.122. The first-order valence-electron chi connectivity index (χ1n) is 5.36. The van der Waals surface area contributed by atoms with Gasteiger partial charge in [0.05, 0.1) is 5.02 Å². The molecular weight excluding hydrogens is 250 g/mol. The van der Waals surface area contributed by atoms with Gasteiger partial charge in [-0.3, -0.25) is 4.79 Å². The number of rotatable bonds is 2. The van der Waals surface area contributed by atoms with Gasteiger partial charge in [-0.2, -0.15) is 0 Å². The molecule has 2 rings (SSSR count). The molecule has 0 fully saturated rings. The molecule has 0 aliphatic rings. The Bertz CT molecular complexity index is 581. The van der Waals surface area contributed by atoms with Gasteiger partial charge in [0, 0.05) is 5.69 Å². The van der Waals surface area contributed by atoms with Crippen molar-refractivity contribution in [2.75, 3.05) is 11.1 Å². The summed E-state index contributed by atoms with van der Waals surface area (Å²) in [7, 11) is 0. The fourth-order valence-corrected chi connectivity index (χ4v) is 1.63. The maximum Gasteiger partial charge on any atom is 0.275 e. The van der Waals surface area contributed by atoms with E-state index in [1.165, 1.54) is 0 Å². The summed E-state index contributed by atoms with van der Waals surface area (Å²) in [6, 6.07) is 10.5. The van der Waals surface area contributed by atoms with Gasteiger partial charge in [0.15, 0.2) is 0 Å². The largest absolute Gasteiger partial charge is 0.384 e. The van der Waals surface area contributed by atoms with E-state index in [0.29, 0.717) is 5.69 Å². The quantitative estimate of drug-likeness (QED) is 0.873. The van der Waals surface area contributed by atoms with Crippen LogP contribution in [0.4, 0.5) is 11.5 Å². The molecule has 0 spiro atoms. The second kappa shape index (κ2) is 5.06. The molecule has 5 heteroatoms. The second-order valence-corrected chi connectivity index (χ2v) is 4.29. The lowest BCUT2D eigenvalue weighted by Crippen LogP contribution is -2.15. The summed E-state index contributed by atoms with van der Waals surface area (Å²) in [6.45, 7) is 1.97. The Morgan fingerprint density at radius 1 is 1.22 bits per heavy atom. The summed E-state index contributed by atoms with van der Waals surface area (Å²) in [5.74, 6) is -0.121. The van der Waals surface area contributed by atoms with E-state index in [0.717, 1.165) is 5.56 Å². The molecule has 1 amide bonds. The molecule has 0 radical (unpaired) electrons. The van der Waals surface area contributed by atoms with Crippen LogP contribution in [-0.2, 0) is 0 Å². The SMILES string of the molecule is Cc1ccc(NC(=O)c2nc(N)ccc2Cl)cc1. The maximum atomic E-state index is 12.0. The van der Waals surface area contributed by atoms with Gasteiger partial charge >= 0.3 is 0 Å². The van der Waals surface area contributed by atoms with Crippen molar-refractivity contribution >= 4 is 29.0 Å². The number of carbonyl (C=O) groups is 1. The van der Waals surface area contributed by atoms with E-state index in [4.69, 9.17) is 17.3 Å². The topological polar surface area (TPSA) is 68.0 Å². The van der Waals surface area contributed by atoms with Crippen LogP contribution in [0.2, 0.25) is 5.02 Å². The van der Waals surface area contributed by atoms with E-state index in [2.05, 4.69) is 10.3 Å². The number of nitrogens with one attached hydrogen (secondary N) is 1. The number of aryl methyl sites for hydroxylation is 1. The Morgan fingerprint density at radius 2 is 1.89 bits per heavy atom. The number of anilines is 2. The fourth-order valence-electron chi connectivity index (χ4n) is 1.44. The lowest BCUT2D eigenvalue weighted by atomic mass is 10.2. The van der Waals surface area contributed by atoms with Crippen LogP contribution in [0, 0.1) is 6.92 Å². The van der Waals surface area contributed by atoms with E-state index < -0.39 is 0 Å². The van der Waals surface area contributed by atoms with Crippen molar-refractivity contribution in [1.82, 2.24) is 4.98 Å². The third-order valence-corrected chi connectivity index (χ3v) is 2.70. The molecule has 1 heterocycles. The molecule has 4 nitrogen and oxygen atoms in total. The van der Waals surface area contributed by atoms with Crippen LogP contribution in [0.3, 0.4) is 0 Å². The molecule has 2 aromatic rings. The van der Waals surface area contributed by atoms with Crippen LogP contribution in [0.1, 0.15) is 16.1 Å². The van der Waals surface area contributed by atoms with E-state index in [1.807, 2.05) is 31.2 Å². The molecule has 0 saturated carbocycles. The van der Waals surface area contributed by atoms with Crippen LogP contribution in [0.25, 0.3) is 0 Å². The zero-order chi connectivity index (χ0) is 13.1. The van der Waals surface area contributed by atoms with Gasteiger partial charge in [-0.15, -0.1) is 0 Å². The van der Waals surface area contributed by atoms with Crippen molar-refractivity contribution in [3.63, 3.8) is 0 Å². The average Bonchev–Trinajstić information content (AvgIpc) is 2.35. The number of nitrogens with zero attached hydrogens (tertiary/aromatic N) is 1. The molecule has 18 heavy (non-hydrogen) atoms. The van der Waals surface area contributed by atoms with Crippen molar-refractivity contribution in [2.24, 2.45) is 0 Å². The number of halogens is 1. The van der Waals surface area contributed by atoms with Gasteiger partial charge in [0.1, 0.15) is 11.5 Å². The number of hydrogen-bond acceptors (Lipinski definition) is 3. The normalized spacial score (nSPS) is 10.1. The third kappa shape index (κ3) is 2.78. The number of nitrogens with two attached hydrogens (primary N) is 1. The van der Waals surface area contributed by atoms with Gasteiger partial charge in [-0.1, -0.05) is 29.3 Å². The molecule has 92 valence electrons. The van der Waals surface area contributed by atoms with Crippen molar-refractivity contribution < 1.29 is 4.79 Å². The number of hydrogen-bond donors (Lipinski definition) is 2. The second-order valence-electron chi connectivity index (χ2n) is 3.89. The predicted octanol–water partition coefficient (Wildman–Crippen LogP) is 2.88. The van der Waals surface area contributed by atoms with Gasteiger partial charge in [0.25, 0.3) is 5.91 Å². The van der Waals surface area contributed by atoms with Crippen LogP contribution in [-0.4, -0.2) is 10.9 Å². The van der Waals surface area contributed by atoms with Crippen molar-refractivity contribution in [2.45, 2.75) is 6.92 Å². The molecule has 1 aromatic heterocycles. The summed E-state index contributed by atoms with van der Waals surface area (Å²) in [5.41, 5.74) is 7.46. The molecule has 0 aliphatic carbocycles. The van der Waals surface area contributed by atoms with E-state index in [9.17, 15) is 4.79 Å². The van der Waals surface area contributed by atoms with Gasteiger partial charge < -0.3 is 11.1 Å². The highest BCUT2D eigenvalue weighted by atomic mass is 35.5. The summed E-state index contributed by atoms with van der Waals surface area (Å²) in [4.78, 5) is 15.9. The molecule has 3 N–H and O–H groups in total. The molecule has 0 atom stereocenters. The Morgan fingerprint density at radius 3 is 2.56 bits per heavy atom. The third-order valence-electron chi connectivity index (χ3n) is 2.39. The standard InChI is InChI=1S/C13H12ClN3O/c1-8-2-4-9(5-3-8)16-13(18)12-10(14)6-7-11(15)17-12/h2-7H,1H3,(H2,15,17)(H,16,18). The number of pyridine rings is 1. The minimum Gasteiger partial charge on any atom is -0.384 e. The van der Waals surface area contributed by atoms with Crippen molar-refractivity contribution in [1.29, 1.82) is 0 Å². The van der Waals surface area contributed by atoms with Crippen LogP contribution in [0.5, 0.6) is 0 Å². The Labute approximate surface area is 110 Å². The van der Waals surface area contributed by atoms with Crippen LogP contribution >= 0.6 is 11.6 Å². The summed E-state index contributed by atoms with van der Waals surface area (Å²) in [6.07, 6.45) is 0. The highest BCUT2D eigenvalue weighted by Gasteiger charge is 2.12. The Kier molecular flexibility index (Phi) is 3.48. The smallest absolute Gasteiger partial charge is 0.275 e. The highest BCUT2D eigenvalue weighted by molar-refractivity contribution is 6.34. The molecule has 0 unspecified atom stereocenters. The van der Waals surface area contributed by atoms with Crippen LogP contribution < -0.4 is 11.1 Å². The molecular formula is C13H12ClN3O. The molecule has 0 aliphatic heterocycles. The van der Waals surface area contributed by atoms with Crippen LogP contribution in [0.15, 0.2) is 36.4 Å². The van der Waals surface area contributed by atoms with Gasteiger partial charge in [0.2, 0.25) is 0 Å². The monoisotopic (exact) mass is 261 g/mol. The summed E-state index contributed by atoms with van der Waals surface area (Å²) >= 11 is 5.90. The molecule has 0 saturated heterocycles. The number of nitrogen functional groups attached to an aromatic ring is 1. The number of carbonyl (C=O) groups excluding carboxylic acids is 1. The Balaban J connectivity index is 2.21. The lowest BCUT2D eigenvalue weighted by Gasteiger charge is -2.06. The van der Waals surface area contributed by atoms with E-state index in [-0.39, 0.29) is 22.4 Å². The zero-order valence-corrected chi connectivity index (χ0v) is 10.5. The van der Waals surface area contributed by atoms with Gasteiger partial charge in [-0.25, -0.2) is 4.98 Å². The first kappa shape index (κ1) is 12.4. The first-order valence-corrected chi connectivity index (χ1v) is 5.74. The molecule has 1 aromatic carbocycles. The highest BCUT2D eigenvalue weighted by Crippen LogP contribution is 2.17. The number of amides is 1. The summed E-state index contributed by atoms with van der Waals surface area (Å²) in [5, 5.41) is 2.98. The van der Waals surface area contributed by atoms with E-state index in [1.54, 1.807) is 12.1 Å². The minimum atomic E-state index is -0.379. The van der Waals surface area contributed by atoms with Crippen molar-refractivity contribution in [3.8, 4) is 0 Å². The van der Waals surface area contributed by atoms with Crippen molar-refractivity contribution in [3.05, 3.63) is 52.7 Å².